The summed E-state index contributed by atoms with van der Waals surface area (Å²) in [6.07, 6.45) is 3.41. The molecule has 1 atom stereocenters. The van der Waals surface area contributed by atoms with Crippen LogP contribution in [0.5, 0.6) is 0 Å². The zero-order chi connectivity index (χ0) is 11.6. The van der Waals surface area contributed by atoms with Gasteiger partial charge < -0.3 is 5.11 Å². The van der Waals surface area contributed by atoms with Gasteiger partial charge in [0.2, 0.25) is 0 Å². The third-order valence-corrected chi connectivity index (χ3v) is 2.57. The van der Waals surface area contributed by atoms with E-state index in [-0.39, 0.29) is 0 Å². The second-order valence-corrected chi connectivity index (χ2v) is 4.01. The fraction of sp³-hybridized carbons (Fsp3) is 0.231. The number of aryl methyl sites for hydroxylation is 1. The van der Waals surface area contributed by atoms with Gasteiger partial charge in [-0.3, -0.25) is 9.97 Å². The quantitative estimate of drug-likeness (QED) is 0.832. The lowest BCUT2D eigenvalue weighted by molar-refractivity contribution is 0.0926. The van der Waals surface area contributed by atoms with E-state index in [0.29, 0.717) is 11.4 Å². The summed E-state index contributed by atoms with van der Waals surface area (Å²) in [5.41, 5.74) is 1.14. The standard InChI is InChI=1S/C13H14N2O/c1-10-6-7-12(15-9-10)13(2,16)11-5-3-4-8-14-11/h3-9,16H,1-2H3. The van der Waals surface area contributed by atoms with Gasteiger partial charge in [-0.25, -0.2) is 0 Å². The molecule has 2 heterocycles. The van der Waals surface area contributed by atoms with Crippen molar-refractivity contribution in [1.29, 1.82) is 0 Å². The van der Waals surface area contributed by atoms with Crippen LogP contribution in [0.4, 0.5) is 0 Å². The van der Waals surface area contributed by atoms with E-state index in [4.69, 9.17) is 0 Å². The van der Waals surface area contributed by atoms with Crippen LogP contribution in [0.2, 0.25) is 0 Å². The molecule has 0 radical (unpaired) electrons. The van der Waals surface area contributed by atoms with E-state index in [9.17, 15) is 5.11 Å². The van der Waals surface area contributed by atoms with Crippen molar-refractivity contribution in [1.82, 2.24) is 9.97 Å². The van der Waals surface area contributed by atoms with Crippen LogP contribution in [0.15, 0.2) is 42.7 Å². The highest BCUT2D eigenvalue weighted by molar-refractivity contribution is 5.26. The molecule has 0 spiro atoms. The second kappa shape index (κ2) is 4.02. The summed E-state index contributed by atoms with van der Waals surface area (Å²) in [6.45, 7) is 3.67. The van der Waals surface area contributed by atoms with E-state index >= 15 is 0 Å². The Morgan fingerprint density at radius 1 is 1.06 bits per heavy atom. The summed E-state index contributed by atoms with van der Waals surface area (Å²) < 4.78 is 0. The molecular formula is C13H14N2O. The number of aliphatic hydroxyl groups is 1. The van der Waals surface area contributed by atoms with Gasteiger partial charge in [0.1, 0.15) is 5.60 Å². The van der Waals surface area contributed by atoms with Crippen molar-refractivity contribution in [3.8, 4) is 0 Å². The molecule has 0 aliphatic heterocycles. The summed E-state index contributed by atoms with van der Waals surface area (Å²) in [5.74, 6) is 0. The molecule has 2 aromatic rings. The van der Waals surface area contributed by atoms with Gasteiger partial charge in [0, 0.05) is 12.4 Å². The molecule has 0 bridgehead atoms. The third-order valence-electron chi connectivity index (χ3n) is 2.57. The fourth-order valence-corrected chi connectivity index (χ4v) is 1.54. The van der Waals surface area contributed by atoms with Crippen LogP contribution in [0.1, 0.15) is 23.9 Å². The Labute approximate surface area is 94.8 Å². The Hall–Kier alpha value is -1.74. The van der Waals surface area contributed by atoms with Crippen LogP contribution in [-0.2, 0) is 5.60 Å². The number of aromatic nitrogens is 2. The molecule has 1 N–H and O–H groups in total. The third kappa shape index (κ3) is 1.95. The van der Waals surface area contributed by atoms with Crippen LogP contribution < -0.4 is 0 Å². The maximum absolute atomic E-state index is 10.4. The van der Waals surface area contributed by atoms with E-state index in [0.717, 1.165) is 5.56 Å². The highest BCUT2D eigenvalue weighted by Crippen LogP contribution is 2.25. The van der Waals surface area contributed by atoms with E-state index < -0.39 is 5.60 Å². The van der Waals surface area contributed by atoms with Crippen molar-refractivity contribution in [3.63, 3.8) is 0 Å². The maximum atomic E-state index is 10.4. The molecule has 0 fully saturated rings. The number of nitrogens with zero attached hydrogens (tertiary/aromatic N) is 2. The highest BCUT2D eigenvalue weighted by atomic mass is 16.3. The average molecular weight is 214 g/mol. The van der Waals surface area contributed by atoms with Crippen molar-refractivity contribution in [2.24, 2.45) is 0 Å². The minimum absolute atomic E-state index is 0.603. The van der Waals surface area contributed by atoms with Crippen LogP contribution in [0.25, 0.3) is 0 Å². The first-order valence-electron chi connectivity index (χ1n) is 5.18. The number of pyridine rings is 2. The molecule has 82 valence electrons. The minimum atomic E-state index is -1.14. The van der Waals surface area contributed by atoms with Crippen molar-refractivity contribution in [3.05, 3.63) is 59.7 Å². The van der Waals surface area contributed by atoms with E-state index in [1.165, 1.54) is 0 Å². The van der Waals surface area contributed by atoms with Gasteiger partial charge in [-0.1, -0.05) is 12.1 Å². The summed E-state index contributed by atoms with van der Waals surface area (Å²) in [7, 11) is 0. The lowest BCUT2D eigenvalue weighted by atomic mass is 9.96. The Kier molecular flexibility index (Phi) is 2.71. The van der Waals surface area contributed by atoms with E-state index in [1.54, 1.807) is 25.4 Å². The normalized spacial score (nSPS) is 14.4. The van der Waals surface area contributed by atoms with Gasteiger partial charge in [0.05, 0.1) is 11.4 Å². The number of rotatable bonds is 2. The molecular weight excluding hydrogens is 200 g/mol. The molecule has 3 heteroatoms. The van der Waals surface area contributed by atoms with Crippen molar-refractivity contribution in [2.45, 2.75) is 19.4 Å². The molecule has 2 aromatic heterocycles. The van der Waals surface area contributed by atoms with Crippen LogP contribution >= 0.6 is 0 Å². The SMILES string of the molecule is Cc1ccc(C(C)(O)c2ccccn2)nc1. The number of hydrogen-bond donors (Lipinski definition) is 1. The summed E-state index contributed by atoms with van der Waals surface area (Å²) in [5, 5.41) is 10.4. The molecule has 0 saturated heterocycles. The van der Waals surface area contributed by atoms with Crippen molar-refractivity contribution < 1.29 is 5.11 Å². The van der Waals surface area contributed by atoms with Gasteiger partial charge in [0.15, 0.2) is 0 Å². The Morgan fingerprint density at radius 2 is 1.81 bits per heavy atom. The molecule has 0 saturated carbocycles. The maximum Gasteiger partial charge on any atom is 0.145 e. The first kappa shape index (κ1) is 10.8. The largest absolute Gasteiger partial charge is 0.377 e. The molecule has 0 aliphatic carbocycles. The molecule has 0 aliphatic rings. The monoisotopic (exact) mass is 214 g/mol. The summed E-state index contributed by atoms with van der Waals surface area (Å²) in [4.78, 5) is 8.40. The van der Waals surface area contributed by atoms with Crippen molar-refractivity contribution in [2.75, 3.05) is 0 Å². The second-order valence-electron chi connectivity index (χ2n) is 4.01. The van der Waals surface area contributed by atoms with Crippen LogP contribution in [0, 0.1) is 6.92 Å². The van der Waals surface area contributed by atoms with E-state index in [1.807, 2.05) is 31.2 Å². The minimum Gasteiger partial charge on any atom is -0.377 e. The van der Waals surface area contributed by atoms with E-state index in [2.05, 4.69) is 9.97 Å². The molecule has 16 heavy (non-hydrogen) atoms. The molecule has 0 amide bonds. The first-order valence-corrected chi connectivity index (χ1v) is 5.18. The molecule has 1 unspecified atom stereocenters. The lowest BCUT2D eigenvalue weighted by Gasteiger charge is -2.21. The number of hydrogen-bond acceptors (Lipinski definition) is 3. The zero-order valence-electron chi connectivity index (χ0n) is 9.38. The van der Waals surface area contributed by atoms with Crippen LogP contribution in [-0.4, -0.2) is 15.1 Å². The van der Waals surface area contributed by atoms with Gasteiger partial charge in [-0.15, -0.1) is 0 Å². The summed E-state index contributed by atoms with van der Waals surface area (Å²) in [6, 6.07) is 9.22. The van der Waals surface area contributed by atoms with Crippen LogP contribution in [0.3, 0.4) is 0 Å². The average Bonchev–Trinajstić information content (AvgIpc) is 2.31. The molecule has 3 nitrogen and oxygen atoms in total. The van der Waals surface area contributed by atoms with Gasteiger partial charge in [0.25, 0.3) is 0 Å². The Bertz CT molecular complexity index is 463. The Morgan fingerprint density at radius 3 is 2.38 bits per heavy atom. The van der Waals surface area contributed by atoms with Gasteiger partial charge in [-0.2, -0.15) is 0 Å². The molecule has 2 rings (SSSR count). The smallest absolute Gasteiger partial charge is 0.145 e. The van der Waals surface area contributed by atoms with Gasteiger partial charge >= 0.3 is 0 Å². The Balaban J connectivity index is 2.43. The zero-order valence-corrected chi connectivity index (χ0v) is 9.38. The predicted molar refractivity (Wildman–Crippen MR) is 61.9 cm³/mol. The molecule has 0 aromatic carbocycles. The highest BCUT2D eigenvalue weighted by Gasteiger charge is 2.28. The first-order chi connectivity index (χ1) is 7.60. The lowest BCUT2D eigenvalue weighted by Crippen LogP contribution is -2.25. The topological polar surface area (TPSA) is 46.0 Å². The van der Waals surface area contributed by atoms with Crippen molar-refractivity contribution >= 4 is 0 Å². The fourth-order valence-electron chi connectivity index (χ4n) is 1.54. The predicted octanol–water partition coefficient (Wildman–Crippen LogP) is 2.04. The van der Waals surface area contributed by atoms with Gasteiger partial charge in [-0.05, 0) is 37.6 Å². The summed E-state index contributed by atoms with van der Waals surface area (Å²) >= 11 is 0.